The summed E-state index contributed by atoms with van der Waals surface area (Å²) >= 11 is 3.54. The second kappa shape index (κ2) is 6.78. The number of esters is 1. The van der Waals surface area contributed by atoms with Crippen LogP contribution >= 0.6 is 15.9 Å². The smallest absolute Gasteiger partial charge is 0.307 e. The molecule has 0 aromatic heterocycles. The van der Waals surface area contributed by atoms with Crippen LogP contribution in [0.15, 0.2) is 16.6 Å². The molecule has 0 bridgehead atoms. The van der Waals surface area contributed by atoms with Crippen LogP contribution in [0, 0.1) is 13.8 Å². The fourth-order valence-electron chi connectivity index (χ4n) is 1.83. The van der Waals surface area contributed by atoms with Gasteiger partial charge in [-0.1, -0.05) is 15.9 Å². The number of nitrogens with one attached hydrogen (secondary N) is 1. The molecule has 0 aliphatic heterocycles. The molecule has 0 heterocycles. The summed E-state index contributed by atoms with van der Waals surface area (Å²) in [4.78, 5) is 11.4. The molecule has 1 aromatic rings. The van der Waals surface area contributed by atoms with Crippen LogP contribution in [0.2, 0.25) is 0 Å². The molecule has 1 unspecified atom stereocenters. The number of carbonyl (C=O) groups excluding carboxylic acids is 1. The standard InChI is InChI=1S/C14H20BrNO2/c1-5-18-13(17)8-11(4)16-12-6-9(2)14(15)10(3)7-12/h6-7,11,16H,5,8H2,1-4H3. The third-order valence-electron chi connectivity index (χ3n) is 2.63. The lowest BCUT2D eigenvalue weighted by atomic mass is 10.1. The van der Waals surface area contributed by atoms with Gasteiger partial charge in [-0.25, -0.2) is 0 Å². The van der Waals surface area contributed by atoms with E-state index < -0.39 is 0 Å². The number of benzene rings is 1. The van der Waals surface area contributed by atoms with Crippen molar-refractivity contribution in [2.24, 2.45) is 0 Å². The van der Waals surface area contributed by atoms with Gasteiger partial charge in [0.05, 0.1) is 13.0 Å². The highest BCUT2D eigenvalue weighted by atomic mass is 79.9. The van der Waals surface area contributed by atoms with Crippen molar-refractivity contribution in [3.8, 4) is 0 Å². The number of hydrogen-bond donors (Lipinski definition) is 1. The summed E-state index contributed by atoms with van der Waals surface area (Å²) in [6, 6.07) is 4.20. The normalized spacial score (nSPS) is 12.1. The molecule has 1 rings (SSSR count). The van der Waals surface area contributed by atoms with Gasteiger partial charge in [-0.2, -0.15) is 0 Å². The highest BCUT2D eigenvalue weighted by Crippen LogP contribution is 2.25. The Balaban J connectivity index is 2.65. The minimum absolute atomic E-state index is 0.0593. The molecule has 0 aliphatic carbocycles. The molecule has 0 radical (unpaired) electrons. The largest absolute Gasteiger partial charge is 0.466 e. The lowest BCUT2D eigenvalue weighted by molar-refractivity contribution is -0.143. The number of aryl methyl sites for hydroxylation is 2. The van der Waals surface area contributed by atoms with Crippen molar-refractivity contribution >= 4 is 27.6 Å². The quantitative estimate of drug-likeness (QED) is 0.840. The Labute approximate surface area is 117 Å². The maximum Gasteiger partial charge on any atom is 0.307 e. The first kappa shape index (κ1) is 15.0. The summed E-state index contributed by atoms with van der Waals surface area (Å²) in [6.45, 7) is 8.33. The van der Waals surface area contributed by atoms with Crippen LogP contribution in [0.25, 0.3) is 0 Å². The zero-order valence-corrected chi connectivity index (χ0v) is 12.9. The molecular formula is C14H20BrNO2. The number of hydrogen-bond acceptors (Lipinski definition) is 3. The van der Waals surface area contributed by atoms with E-state index in [0.717, 1.165) is 10.2 Å². The molecule has 4 heteroatoms. The van der Waals surface area contributed by atoms with Crippen molar-refractivity contribution in [2.45, 2.75) is 40.2 Å². The Morgan fingerprint density at radius 2 is 1.94 bits per heavy atom. The van der Waals surface area contributed by atoms with Gasteiger partial charge in [0.25, 0.3) is 0 Å². The summed E-state index contributed by atoms with van der Waals surface area (Å²) in [5.41, 5.74) is 3.40. The van der Waals surface area contributed by atoms with Gasteiger partial charge in [-0.3, -0.25) is 4.79 Å². The molecule has 18 heavy (non-hydrogen) atoms. The first-order chi connectivity index (χ1) is 8.43. The molecule has 0 saturated carbocycles. The van der Waals surface area contributed by atoms with E-state index in [9.17, 15) is 4.79 Å². The number of ether oxygens (including phenoxy) is 1. The Bertz CT molecular complexity index is 409. The van der Waals surface area contributed by atoms with Gasteiger partial charge in [0.2, 0.25) is 0 Å². The molecule has 0 aliphatic rings. The summed E-state index contributed by atoms with van der Waals surface area (Å²) in [5.74, 6) is -0.164. The van der Waals surface area contributed by atoms with Crippen LogP contribution in [-0.4, -0.2) is 18.6 Å². The van der Waals surface area contributed by atoms with Gasteiger partial charge in [-0.15, -0.1) is 0 Å². The molecule has 0 fully saturated rings. The van der Waals surface area contributed by atoms with Crippen LogP contribution in [0.1, 0.15) is 31.4 Å². The van der Waals surface area contributed by atoms with E-state index in [1.165, 1.54) is 11.1 Å². The van der Waals surface area contributed by atoms with Crippen LogP contribution < -0.4 is 5.32 Å². The van der Waals surface area contributed by atoms with E-state index in [4.69, 9.17) is 4.74 Å². The summed E-state index contributed by atoms with van der Waals surface area (Å²) in [7, 11) is 0. The summed E-state index contributed by atoms with van der Waals surface area (Å²) in [5, 5.41) is 3.32. The van der Waals surface area contributed by atoms with Crippen molar-refractivity contribution in [1.82, 2.24) is 0 Å². The second-order valence-corrected chi connectivity index (χ2v) is 5.27. The highest BCUT2D eigenvalue weighted by Gasteiger charge is 2.10. The van der Waals surface area contributed by atoms with Gasteiger partial charge in [0.1, 0.15) is 0 Å². The Hall–Kier alpha value is -1.03. The van der Waals surface area contributed by atoms with Crippen molar-refractivity contribution < 1.29 is 9.53 Å². The van der Waals surface area contributed by atoms with Gasteiger partial charge in [-0.05, 0) is 51.0 Å². The monoisotopic (exact) mass is 313 g/mol. The highest BCUT2D eigenvalue weighted by molar-refractivity contribution is 9.10. The molecule has 100 valence electrons. The summed E-state index contributed by atoms with van der Waals surface area (Å²) in [6.07, 6.45) is 0.377. The maximum atomic E-state index is 11.4. The molecule has 0 saturated heterocycles. The van der Waals surface area contributed by atoms with Gasteiger partial charge >= 0.3 is 5.97 Å². The predicted octanol–water partition coefficient (Wildman–Crippen LogP) is 3.82. The van der Waals surface area contributed by atoms with E-state index in [1.807, 2.05) is 13.8 Å². The van der Waals surface area contributed by atoms with Gasteiger partial charge in [0.15, 0.2) is 0 Å². The molecular weight excluding hydrogens is 294 g/mol. The van der Waals surface area contributed by atoms with Crippen LogP contribution in [0.3, 0.4) is 0 Å². The lowest BCUT2D eigenvalue weighted by Gasteiger charge is -2.16. The number of carbonyl (C=O) groups is 1. The second-order valence-electron chi connectivity index (χ2n) is 4.48. The van der Waals surface area contributed by atoms with Crippen molar-refractivity contribution in [2.75, 3.05) is 11.9 Å². The molecule has 0 spiro atoms. The zero-order valence-electron chi connectivity index (χ0n) is 11.3. The van der Waals surface area contributed by atoms with Gasteiger partial charge < -0.3 is 10.1 Å². The Morgan fingerprint density at radius 1 is 1.39 bits per heavy atom. The average Bonchev–Trinajstić information content (AvgIpc) is 2.25. The fourth-order valence-corrected chi connectivity index (χ4v) is 2.06. The summed E-state index contributed by atoms with van der Waals surface area (Å²) < 4.78 is 6.06. The number of rotatable bonds is 5. The number of anilines is 1. The van der Waals surface area contributed by atoms with Crippen molar-refractivity contribution in [1.29, 1.82) is 0 Å². The predicted molar refractivity (Wildman–Crippen MR) is 78.0 cm³/mol. The van der Waals surface area contributed by atoms with E-state index >= 15 is 0 Å². The first-order valence-electron chi connectivity index (χ1n) is 6.13. The van der Waals surface area contributed by atoms with Gasteiger partial charge in [0, 0.05) is 16.2 Å². The van der Waals surface area contributed by atoms with E-state index in [2.05, 4.69) is 47.2 Å². The van der Waals surface area contributed by atoms with Crippen molar-refractivity contribution in [3.63, 3.8) is 0 Å². The number of halogens is 1. The van der Waals surface area contributed by atoms with E-state index in [0.29, 0.717) is 13.0 Å². The average molecular weight is 314 g/mol. The maximum absolute atomic E-state index is 11.4. The topological polar surface area (TPSA) is 38.3 Å². The molecule has 1 N–H and O–H groups in total. The Morgan fingerprint density at radius 3 is 2.44 bits per heavy atom. The first-order valence-corrected chi connectivity index (χ1v) is 6.92. The molecule has 3 nitrogen and oxygen atoms in total. The third kappa shape index (κ3) is 4.33. The molecule has 0 amide bonds. The van der Waals surface area contributed by atoms with Crippen LogP contribution in [-0.2, 0) is 9.53 Å². The van der Waals surface area contributed by atoms with Crippen LogP contribution in [0.5, 0.6) is 0 Å². The minimum Gasteiger partial charge on any atom is -0.466 e. The lowest BCUT2D eigenvalue weighted by Crippen LogP contribution is -2.21. The van der Waals surface area contributed by atoms with E-state index in [-0.39, 0.29) is 12.0 Å². The molecule has 1 aromatic carbocycles. The zero-order chi connectivity index (χ0) is 13.7. The third-order valence-corrected chi connectivity index (χ3v) is 3.88. The molecule has 1 atom stereocenters. The van der Waals surface area contributed by atoms with Crippen LogP contribution in [0.4, 0.5) is 5.69 Å². The SMILES string of the molecule is CCOC(=O)CC(C)Nc1cc(C)c(Br)c(C)c1. The fraction of sp³-hybridized carbons (Fsp3) is 0.500. The van der Waals surface area contributed by atoms with E-state index in [1.54, 1.807) is 0 Å². The Kier molecular flexibility index (Phi) is 5.66. The minimum atomic E-state index is -0.164. The van der Waals surface area contributed by atoms with Crippen molar-refractivity contribution in [3.05, 3.63) is 27.7 Å².